The fourth-order valence-corrected chi connectivity index (χ4v) is 4.37. The predicted octanol–water partition coefficient (Wildman–Crippen LogP) is 4.49. The minimum Gasteiger partial charge on any atom is -0.479 e. The van der Waals surface area contributed by atoms with Crippen LogP contribution in [0, 0.1) is 11.8 Å². The average molecular weight is 666 g/mol. The Morgan fingerprint density at radius 3 is 1.74 bits per heavy atom. The zero-order valence-electron chi connectivity index (χ0n) is 29.3. The van der Waals surface area contributed by atoms with E-state index in [0.717, 1.165) is 9.80 Å². The van der Waals surface area contributed by atoms with Gasteiger partial charge >= 0.3 is 30.1 Å². The molecule has 3 amide bonds. The molecule has 0 spiro atoms. The Balaban J connectivity index is 3.52. The number of aliphatic carboxylic acids is 1. The van der Waals surface area contributed by atoms with Crippen LogP contribution in [0.4, 0.5) is 15.3 Å². The largest absolute Gasteiger partial charge is 0.479 e. The van der Waals surface area contributed by atoms with Gasteiger partial charge in [0.2, 0.25) is 0 Å². The Hall–Kier alpha value is -4.36. The highest BCUT2D eigenvalue weighted by molar-refractivity contribution is 5.90. The van der Waals surface area contributed by atoms with Crippen molar-refractivity contribution in [1.82, 2.24) is 9.80 Å². The van der Waals surface area contributed by atoms with Crippen LogP contribution in [0.25, 0.3) is 0 Å². The summed E-state index contributed by atoms with van der Waals surface area (Å²) < 4.78 is 21.0. The van der Waals surface area contributed by atoms with Gasteiger partial charge in [-0.1, -0.05) is 39.8 Å². The second-order valence-electron chi connectivity index (χ2n) is 13.2. The third-order valence-electron chi connectivity index (χ3n) is 6.88. The number of anilines is 1. The van der Waals surface area contributed by atoms with Crippen molar-refractivity contribution in [1.29, 1.82) is 0 Å². The van der Waals surface area contributed by atoms with E-state index < -0.39 is 65.9 Å². The van der Waals surface area contributed by atoms with Gasteiger partial charge in [-0.2, -0.15) is 0 Å². The minimum atomic E-state index is -1.46. The minimum absolute atomic E-state index is 0.0504. The van der Waals surface area contributed by atoms with Crippen molar-refractivity contribution in [3.63, 3.8) is 0 Å². The summed E-state index contributed by atoms with van der Waals surface area (Å²) in [6, 6.07) is 4.09. The second kappa shape index (κ2) is 18.1. The number of nitrogens with one attached hydrogen (secondary N) is 1. The lowest BCUT2D eigenvalue weighted by molar-refractivity contribution is -0.172. The molecule has 4 atom stereocenters. The summed E-state index contributed by atoms with van der Waals surface area (Å²) in [5.41, 5.74) is 0.135. The van der Waals surface area contributed by atoms with Gasteiger partial charge in [0.05, 0.1) is 7.11 Å². The Bertz CT molecular complexity index is 1240. The maximum Gasteiger partial charge on any atom is 0.411 e. The molecule has 1 aromatic rings. The Kier molecular flexibility index (Phi) is 15.7. The average Bonchev–Trinajstić information content (AvgIpc) is 2.96. The van der Waals surface area contributed by atoms with Crippen molar-refractivity contribution < 1.29 is 52.8 Å². The summed E-state index contributed by atoms with van der Waals surface area (Å²) in [4.78, 5) is 79.1. The molecule has 264 valence electrons. The summed E-state index contributed by atoms with van der Waals surface area (Å²) in [6.45, 7) is 13.7. The summed E-state index contributed by atoms with van der Waals surface area (Å²) >= 11 is 0. The van der Waals surface area contributed by atoms with Crippen molar-refractivity contribution in [3.05, 3.63) is 29.8 Å². The first-order valence-corrected chi connectivity index (χ1v) is 15.5. The van der Waals surface area contributed by atoms with Crippen LogP contribution in [0.1, 0.15) is 73.8 Å². The van der Waals surface area contributed by atoms with Gasteiger partial charge in [-0.05, 0) is 70.1 Å². The number of carboxylic acid groups (broad SMARTS) is 1. The molecule has 14 heteroatoms. The van der Waals surface area contributed by atoms with Crippen molar-refractivity contribution >= 4 is 41.7 Å². The number of benzene rings is 1. The fourth-order valence-electron chi connectivity index (χ4n) is 4.37. The third kappa shape index (κ3) is 13.9. The van der Waals surface area contributed by atoms with E-state index in [-0.39, 0.29) is 31.1 Å². The fraction of sp³-hybridized carbons (Fsp3) is 0.636. The van der Waals surface area contributed by atoms with Crippen LogP contribution in [0.2, 0.25) is 0 Å². The van der Waals surface area contributed by atoms with Crippen LogP contribution in [0.15, 0.2) is 24.3 Å². The highest BCUT2D eigenvalue weighted by atomic mass is 16.6. The lowest BCUT2D eigenvalue weighted by Gasteiger charge is -2.33. The molecule has 14 nitrogen and oxygen atoms in total. The van der Waals surface area contributed by atoms with E-state index in [1.54, 1.807) is 45.0 Å². The van der Waals surface area contributed by atoms with Crippen molar-refractivity contribution in [2.24, 2.45) is 11.8 Å². The normalized spacial score (nSPS) is 13.9. The van der Waals surface area contributed by atoms with E-state index in [0.29, 0.717) is 11.3 Å². The van der Waals surface area contributed by atoms with Gasteiger partial charge in [0.15, 0.2) is 12.2 Å². The smallest absolute Gasteiger partial charge is 0.411 e. The van der Waals surface area contributed by atoms with E-state index >= 15 is 0 Å². The molecular formula is C33H51N3O11. The molecule has 0 fully saturated rings. The number of ether oxygens (including phenoxy) is 4. The quantitative estimate of drug-likeness (QED) is 0.199. The van der Waals surface area contributed by atoms with Gasteiger partial charge < -0.3 is 29.0 Å². The van der Waals surface area contributed by atoms with E-state index in [1.165, 1.54) is 28.1 Å². The first-order valence-electron chi connectivity index (χ1n) is 15.5. The number of hydrogen-bond acceptors (Lipinski definition) is 10. The summed E-state index contributed by atoms with van der Waals surface area (Å²) in [6.07, 6.45) is -4.13. The predicted molar refractivity (Wildman–Crippen MR) is 172 cm³/mol. The molecule has 2 N–H and O–H groups in total. The number of likely N-dealkylation sites (N-methyl/N-ethyl adjacent to an activating group) is 2. The van der Waals surface area contributed by atoms with Gasteiger partial charge in [-0.25, -0.2) is 24.0 Å². The van der Waals surface area contributed by atoms with E-state index in [4.69, 9.17) is 14.2 Å². The van der Waals surface area contributed by atoms with E-state index in [1.807, 2.05) is 27.7 Å². The molecule has 0 aliphatic carbocycles. The maximum atomic E-state index is 14.1. The lowest BCUT2D eigenvalue weighted by Crippen LogP contribution is -2.52. The van der Waals surface area contributed by atoms with Crippen LogP contribution >= 0.6 is 0 Å². The number of carboxylic acids is 1. The van der Waals surface area contributed by atoms with E-state index in [9.17, 15) is 33.9 Å². The van der Waals surface area contributed by atoms with Crippen LogP contribution < -0.4 is 5.32 Å². The topological polar surface area (TPSA) is 178 Å². The van der Waals surface area contributed by atoms with Crippen LogP contribution in [-0.4, -0.2) is 102 Å². The zero-order chi connectivity index (χ0) is 36.2. The molecule has 0 saturated heterocycles. The number of nitrogens with zero attached hydrogens (tertiary/aromatic N) is 2. The SMILES string of the molecule is COC(=O)Nc1ccc(CC(OC(=O)C(CC(C)C)N(C)C(=O)OC(C)(C)C)C(=O)N(C)C(CC(C)C)C(=O)OC(C)C(=O)O)cc1. The zero-order valence-corrected chi connectivity index (χ0v) is 29.3. The second-order valence-corrected chi connectivity index (χ2v) is 13.2. The van der Waals surface area contributed by atoms with Crippen LogP contribution in [0.3, 0.4) is 0 Å². The Morgan fingerprint density at radius 2 is 1.30 bits per heavy atom. The molecule has 47 heavy (non-hydrogen) atoms. The summed E-state index contributed by atoms with van der Waals surface area (Å²) in [5.74, 6) is -4.02. The number of carbonyl (C=O) groups is 6. The van der Waals surface area contributed by atoms with Crippen molar-refractivity contribution in [2.45, 2.75) is 105 Å². The molecule has 0 aromatic heterocycles. The van der Waals surface area contributed by atoms with Gasteiger partial charge in [0.25, 0.3) is 5.91 Å². The van der Waals surface area contributed by atoms with E-state index in [2.05, 4.69) is 10.1 Å². The number of methoxy groups -OCH3 is 1. The molecule has 0 aliphatic rings. The molecule has 0 saturated carbocycles. The first-order chi connectivity index (χ1) is 21.7. The van der Waals surface area contributed by atoms with Gasteiger partial charge in [-0.15, -0.1) is 0 Å². The summed E-state index contributed by atoms with van der Waals surface area (Å²) in [5, 5.41) is 11.8. The highest BCUT2D eigenvalue weighted by Gasteiger charge is 2.39. The van der Waals surface area contributed by atoms with Crippen molar-refractivity contribution in [2.75, 3.05) is 26.5 Å². The summed E-state index contributed by atoms with van der Waals surface area (Å²) in [7, 11) is 3.99. The standard InChI is InChI=1S/C33H51N3O11/c1-19(2)16-24(29(40)45-21(5)28(38)39)35(9)27(37)26(18-22-12-14-23(15-13-22)34-31(42)44-11)46-30(41)25(17-20(3)4)36(10)32(43)47-33(6,7)8/h12-15,19-21,24-26H,16-18H2,1-11H3,(H,34,42)(H,38,39). The maximum absolute atomic E-state index is 14.1. The molecule has 4 unspecified atom stereocenters. The highest BCUT2D eigenvalue weighted by Crippen LogP contribution is 2.21. The van der Waals surface area contributed by atoms with Gasteiger partial charge in [-0.3, -0.25) is 15.0 Å². The number of amides is 3. The molecule has 1 aromatic carbocycles. The number of hydrogen-bond donors (Lipinski definition) is 2. The first kappa shape index (κ1) is 40.7. The molecule has 0 heterocycles. The number of esters is 2. The molecular weight excluding hydrogens is 614 g/mol. The van der Waals surface area contributed by atoms with Gasteiger partial charge in [0, 0.05) is 26.2 Å². The van der Waals surface area contributed by atoms with Crippen LogP contribution in [-0.2, 0) is 44.5 Å². The Labute approximate surface area is 277 Å². The molecule has 0 radical (unpaired) electrons. The number of rotatable bonds is 15. The molecule has 0 aliphatic heterocycles. The molecule has 1 rings (SSSR count). The van der Waals surface area contributed by atoms with Crippen molar-refractivity contribution in [3.8, 4) is 0 Å². The lowest BCUT2D eigenvalue weighted by atomic mass is 10.0. The number of carbonyl (C=O) groups excluding carboxylic acids is 5. The third-order valence-corrected chi connectivity index (χ3v) is 6.88. The van der Waals surface area contributed by atoms with Gasteiger partial charge in [0.1, 0.15) is 17.7 Å². The Morgan fingerprint density at radius 1 is 0.809 bits per heavy atom. The monoisotopic (exact) mass is 665 g/mol. The molecule has 0 bridgehead atoms. The van der Waals surface area contributed by atoms with Crippen LogP contribution in [0.5, 0.6) is 0 Å².